The van der Waals surface area contributed by atoms with Crippen LogP contribution in [-0.2, 0) is 6.54 Å². The molecular formula is C14H21N3O2. The van der Waals surface area contributed by atoms with Gasteiger partial charge in [-0.1, -0.05) is 25.1 Å². The van der Waals surface area contributed by atoms with Crippen LogP contribution < -0.4 is 5.32 Å². The first kappa shape index (κ1) is 14.0. The average Bonchev–Trinajstić information content (AvgIpc) is 2.45. The third kappa shape index (κ3) is 3.75. The van der Waals surface area contributed by atoms with Crippen molar-refractivity contribution in [2.75, 3.05) is 19.6 Å². The molecule has 0 bridgehead atoms. The SMILES string of the molecule is CCN1CCCC(NCc2ccccc2[N+](=O)[O-])C1. The number of nitrogens with one attached hydrogen (secondary N) is 1. The smallest absolute Gasteiger partial charge is 0.273 e. The maximum absolute atomic E-state index is 10.9. The average molecular weight is 263 g/mol. The van der Waals surface area contributed by atoms with Gasteiger partial charge >= 0.3 is 0 Å². The molecule has 0 radical (unpaired) electrons. The zero-order valence-electron chi connectivity index (χ0n) is 11.3. The number of nitro groups is 1. The zero-order valence-corrected chi connectivity index (χ0v) is 11.3. The van der Waals surface area contributed by atoms with Gasteiger partial charge in [-0.05, 0) is 25.9 Å². The lowest BCUT2D eigenvalue weighted by atomic mass is 10.1. The van der Waals surface area contributed by atoms with Crippen molar-refractivity contribution in [1.82, 2.24) is 10.2 Å². The number of nitrogens with zero attached hydrogens (tertiary/aromatic N) is 2. The monoisotopic (exact) mass is 263 g/mol. The van der Waals surface area contributed by atoms with Crippen LogP contribution in [0.1, 0.15) is 25.3 Å². The summed E-state index contributed by atoms with van der Waals surface area (Å²) in [6.45, 7) is 6.02. The van der Waals surface area contributed by atoms with Gasteiger partial charge in [-0.2, -0.15) is 0 Å². The molecule has 1 unspecified atom stereocenters. The molecule has 1 aliphatic heterocycles. The molecule has 1 aromatic rings. The summed E-state index contributed by atoms with van der Waals surface area (Å²) in [6, 6.07) is 7.39. The summed E-state index contributed by atoms with van der Waals surface area (Å²) in [6.07, 6.45) is 2.35. The van der Waals surface area contributed by atoms with Crippen LogP contribution in [0.25, 0.3) is 0 Å². The number of para-hydroxylation sites is 1. The Morgan fingerprint density at radius 2 is 2.26 bits per heavy atom. The highest BCUT2D eigenvalue weighted by atomic mass is 16.6. The molecule has 104 valence electrons. The lowest BCUT2D eigenvalue weighted by Gasteiger charge is -2.32. The van der Waals surface area contributed by atoms with Crippen LogP contribution in [0.15, 0.2) is 24.3 Å². The maximum Gasteiger partial charge on any atom is 0.273 e. The Bertz CT molecular complexity index is 436. The zero-order chi connectivity index (χ0) is 13.7. The number of likely N-dealkylation sites (tertiary alicyclic amines) is 1. The minimum Gasteiger partial charge on any atom is -0.308 e. The minimum atomic E-state index is -0.309. The second-order valence-corrected chi connectivity index (χ2v) is 5.00. The molecule has 1 atom stereocenters. The van der Waals surface area contributed by atoms with Crippen molar-refractivity contribution >= 4 is 5.69 Å². The lowest BCUT2D eigenvalue weighted by molar-refractivity contribution is -0.385. The molecule has 0 amide bonds. The first-order valence-electron chi connectivity index (χ1n) is 6.88. The van der Waals surface area contributed by atoms with Crippen molar-refractivity contribution in [2.45, 2.75) is 32.4 Å². The normalized spacial score (nSPS) is 20.4. The van der Waals surface area contributed by atoms with Crippen LogP contribution in [0.4, 0.5) is 5.69 Å². The van der Waals surface area contributed by atoms with Gasteiger partial charge in [0.05, 0.1) is 4.92 Å². The summed E-state index contributed by atoms with van der Waals surface area (Å²) in [5.41, 5.74) is 0.972. The van der Waals surface area contributed by atoms with Crippen LogP contribution in [-0.4, -0.2) is 35.5 Å². The van der Waals surface area contributed by atoms with Gasteiger partial charge in [-0.25, -0.2) is 0 Å². The van der Waals surface area contributed by atoms with Crippen molar-refractivity contribution < 1.29 is 4.92 Å². The number of nitro benzene ring substituents is 1. The molecule has 2 rings (SSSR count). The highest BCUT2D eigenvalue weighted by Gasteiger charge is 2.19. The molecule has 1 aromatic carbocycles. The standard InChI is InChI=1S/C14H21N3O2/c1-2-16-9-5-7-13(11-16)15-10-12-6-3-4-8-14(12)17(18)19/h3-4,6,8,13,15H,2,5,7,9-11H2,1H3. The summed E-state index contributed by atoms with van der Waals surface area (Å²) < 4.78 is 0. The maximum atomic E-state index is 10.9. The Morgan fingerprint density at radius 1 is 1.47 bits per heavy atom. The third-order valence-electron chi connectivity index (χ3n) is 3.72. The van der Waals surface area contributed by atoms with Crippen LogP contribution in [0.5, 0.6) is 0 Å². The van der Waals surface area contributed by atoms with Crippen molar-refractivity contribution in [1.29, 1.82) is 0 Å². The summed E-state index contributed by atoms with van der Waals surface area (Å²) in [7, 11) is 0. The Hall–Kier alpha value is -1.46. The van der Waals surface area contributed by atoms with Crippen LogP contribution >= 0.6 is 0 Å². The number of benzene rings is 1. The fourth-order valence-corrected chi connectivity index (χ4v) is 2.60. The fourth-order valence-electron chi connectivity index (χ4n) is 2.60. The minimum absolute atomic E-state index is 0.207. The van der Waals surface area contributed by atoms with E-state index in [1.165, 1.54) is 13.0 Å². The summed E-state index contributed by atoms with van der Waals surface area (Å²) in [5, 5.41) is 14.4. The van der Waals surface area contributed by atoms with Crippen LogP contribution in [0.3, 0.4) is 0 Å². The Labute approximate surface area is 113 Å². The molecule has 5 nitrogen and oxygen atoms in total. The highest BCUT2D eigenvalue weighted by Crippen LogP contribution is 2.18. The van der Waals surface area contributed by atoms with Crippen molar-refractivity contribution in [3.63, 3.8) is 0 Å². The lowest BCUT2D eigenvalue weighted by Crippen LogP contribution is -2.45. The van der Waals surface area contributed by atoms with E-state index in [9.17, 15) is 10.1 Å². The number of likely N-dealkylation sites (N-methyl/N-ethyl adjacent to an activating group) is 1. The molecule has 0 aliphatic carbocycles. The van der Waals surface area contributed by atoms with Gasteiger partial charge in [0.2, 0.25) is 0 Å². The predicted octanol–water partition coefficient (Wildman–Crippen LogP) is 2.17. The van der Waals surface area contributed by atoms with Crippen LogP contribution in [0, 0.1) is 10.1 Å². The van der Waals surface area contributed by atoms with Crippen molar-refractivity contribution in [3.05, 3.63) is 39.9 Å². The number of hydrogen-bond acceptors (Lipinski definition) is 4. The van der Waals surface area contributed by atoms with E-state index in [0.717, 1.165) is 25.1 Å². The Balaban J connectivity index is 1.93. The fraction of sp³-hybridized carbons (Fsp3) is 0.571. The molecule has 0 aromatic heterocycles. The van der Waals surface area contributed by atoms with Crippen molar-refractivity contribution in [3.8, 4) is 0 Å². The molecule has 1 saturated heterocycles. The second-order valence-electron chi connectivity index (χ2n) is 5.00. The van der Waals surface area contributed by atoms with E-state index in [0.29, 0.717) is 12.6 Å². The molecule has 0 spiro atoms. The van der Waals surface area contributed by atoms with E-state index in [1.54, 1.807) is 12.1 Å². The predicted molar refractivity (Wildman–Crippen MR) is 75.1 cm³/mol. The Morgan fingerprint density at radius 3 is 3.00 bits per heavy atom. The van der Waals surface area contributed by atoms with Crippen LogP contribution in [0.2, 0.25) is 0 Å². The van der Waals surface area contributed by atoms with E-state index >= 15 is 0 Å². The number of piperidine rings is 1. The van der Waals surface area contributed by atoms with Gasteiger partial charge in [0.15, 0.2) is 0 Å². The number of hydrogen-bond donors (Lipinski definition) is 1. The summed E-state index contributed by atoms with van der Waals surface area (Å²) in [4.78, 5) is 13.0. The van der Waals surface area contributed by atoms with Gasteiger partial charge in [-0.3, -0.25) is 10.1 Å². The topological polar surface area (TPSA) is 58.4 Å². The highest BCUT2D eigenvalue weighted by molar-refractivity contribution is 5.39. The van der Waals surface area contributed by atoms with Gasteiger partial charge in [0.1, 0.15) is 0 Å². The van der Waals surface area contributed by atoms with Gasteiger partial charge in [0, 0.05) is 30.8 Å². The molecule has 1 fully saturated rings. The van der Waals surface area contributed by atoms with Gasteiger partial charge in [-0.15, -0.1) is 0 Å². The molecule has 1 heterocycles. The summed E-state index contributed by atoms with van der Waals surface area (Å²) in [5.74, 6) is 0. The molecule has 0 saturated carbocycles. The molecule has 1 aliphatic rings. The molecule has 19 heavy (non-hydrogen) atoms. The molecular weight excluding hydrogens is 242 g/mol. The second kappa shape index (κ2) is 6.63. The first-order chi connectivity index (χ1) is 9.20. The van der Waals surface area contributed by atoms with Gasteiger partial charge in [0.25, 0.3) is 5.69 Å². The first-order valence-corrected chi connectivity index (χ1v) is 6.88. The van der Waals surface area contributed by atoms with E-state index in [2.05, 4.69) is 17.1 Å². The van der Waals surface area contributed by atoms with E-state index in [-0.39, 0.29) is 10.6 Å². The number of rotatable bonds is 5. The molecule has 5 heteroatoms. The molecule has 1 N–H and O–H groups in total. The quantitative estimate of drug-likeness (QED) is 0.653. The van der Waals surface area contributed by atoms with E-state index in [1.807, 2.05) is 12.1 Å². The Kier molecular flexibility index (Phi) is 4.87. The van der Waals surface area contributed by atoms with E-state index < -0.39 is 0 Å². The van der Waals surface area contributed by atoms with Gasteiger partial charge < -0.3 is 10.2 Å². The largest absolute Gasteiger partial charge is 0.308 e. The van der Waals surface area contributed by atoms with E-state index in [4.69, 9.17) is 0 Å². The summed E-state index contributed by atoms with van der Waals surface area (Å²) >= 11 is 0. The third-order valence-corrected chi connectivity index (χ3v) is 3.72. The van der Waals surface area contributed by atoms with Crippen molar-refractivity contribution in [2.24, 2.45) is 0 Å².